The molecule has 5 nitrogen and oxygen atoms in total. The maximum atomic E-state index is 5.55. The molecule has 16 heavy (non-hydrogen) atoms. The van der Waals surface area contributed by atoms with Crippen molar-refractivity contribution in [2.75, 3.05) is 19.7 Å². The summed E-state index contributed by atoms with van der Waals surface area (Å²) in [6, 6.07) is 0. The third-order valence-electron chi connectivity index (χ3n) is 2.89. The molecule has 2 atom stereocenters. The lowest BCUT2D eigenvalue weighted by Gasteiger charge is -2.09. The van der Waals surface area contributed by atoms with Gasteiger partial charge in [0, 0.05) is 13.2 Å². The molecule has 2 unspecified atom stereocenters. The molecule has 0 bridgehead atoms. The molecule has 1 aliphatic heterocycles. The van der Waals surface area contributed by atoms with Gasteiger partial charge in [-0.1, -0.05) is 12.1 Å². The lowest BCUT2D eigenvalue weighted by atomic mass is 10.1. The van der Waals surface area contributed by atoms with Gasteiger partial charge >= 0.3 is 0 Å². The lowest BCUT2D eigenvalue weighted by Crippen LogP contribution is -2.09. The second kappa shape index (κ2) is 5.41. The fourth-order valence-corrected chi connectivity index (χ4v) is 1.99. The van der Waals surface area contributed by atoms with Crippen LogP contribution in [-0.2, 0) is 4.74 Å². The Labute approximate surface area is 95.6 Å². The highest BCUT2D eigenvalue weighted by Gasteiger charge is 2.24. The Bertz CT molecular complexity index is 321. The minimum atomic E-state index is -0.0307. The minimum absolute atomic E-state index is 0.0307. The van der Waals surface area contributed by atoms with Gasteiger partial charge in [0.2, 0.25) is 11.7 Å². The molecule has 0 radical (unpaired) electrons. The number of hydrogen-bond acceptors (Lipinski definition) is 5. The molecule has 1 saturated heterocycles. The number of nitrogens with one attached hydrogen (secondary N) is 1. The summed E-state index contributed by atoms with van der Waals surface area (Å²) in [7, 11) is 0. The van der Waals surface area contributed by atoms with Crippen LogP contribution in [0, 0.1) is 0 Å². The van der Waals surface area contributed by atoms with E-state index in [4.69, 9.17) is 9.26 Å². The first-order chi connectivity index (χ1) is 7.85. The maximum Gasteiger partial charge on any atom is 0.231 e. The van der Waals surface area contributed by atoms with E-state index in [1.807, 2.05) is 6.92 Å². The summed E-state index contributed by atoms with van der Waals surface area (Å²) in [6.07, 6.45) is 1.92. The standard InChI is InChI=1S/C11H19N3O2/c1-3-9(15-4-2)10-13-11(16-14-10)8-5-6-12-7-8/h8-9,12H,3-7H2,1-2H3. The van der Waals surface area contributed by atoms with Gasteiger partial charge < -0.3 is 14.6 Å². The Morgan fingerprint density at radius 3 is 3.06 bits per heavy atom. The molecule has 2 heterocycles. The average molecular weight is 225 g/mol. The second-order valence-corrected chi connectivity index (χ2v) is 4.03. The molecule has 2 rings (SSSR count). The quantitative estimate of drug-likeness (QED) is 0.825. The second-order valence-electron chi connectivity index (χ2n) is 4.03. The molecular weight excluding hydrogens is 206 g/mol. The van der Waals surface area contributed by atoms with Gasteiger partial charge in [0.1, 0.15) is 6.10 Å². The predicted molar refractivity (Wildman–Crippen MR) is 59.2 cm³/mol. The van der Waals surface area contributed by atoms with Gasteiger partial charge in [-0.25, -0.2) is 0 Å². The molecule has 1 aromatic heterocycles. The summed E-state index contributed by atoms with van der Waals surface area (Å²) in [4.78, 5) is 4.44. The molecule has 1 N–H and O–H groups in total. The zero-order chi connectivity index (χ0) is 11.4. The van der Waals surface area contributed by atoms with Gasteiger partial charge in [-0.2, -0.15) is 4.98 Å². The zero-order valence-corrected chi connectivity index (χ0v) is 9.90. The number of hydrogen-bond donors (Lipinski definition) is 1. The molecule has 0 saturated carbocycles. The van der Waals surface area contributed by atoms with E-state index in [1.54, 1.807) is 0 Å². The van der Waals surface area contributed by atoms with Crippen molar-refractivity contribution in [1.29, 1.82) is 0 Å². The smallest absolute Gasteiger partial charge is 0.231 e. The fraction of sp³-hybridized carbons (Fsp3) is 0.818. The third kappa shape index (κ3) is 2.41. The van der Waals surface area contributed by atoms with Crippen LogP contribution in [0.1, 0.15) is 50.4 Å². The Morgan fingerprint density at radius 2 is 2.44 bits per heavy atom. The Hall–Kier alpha value is -0.940. The van der Waals surface area contributed by atoms with E-state index in [2.05, 4.69) is 22.4 Å². The molecule has 5 heteroatoms. The largest absolute Gasteiger partial charge is 0.370 e. The number of rotatable bonds is 5. The highest BCUT2D eigenvalue weighted by atomic mass is 16.5. The Balaban J connectivity index is 2.05. The normalized spacial score (nSPS) is 22.5. The molecule has 1 aliphatic rings. The van der Waals surface area contributed by atoms with Crippen molar-refractivity contribution in [2.45, 2.75) is 38.7 Å². The topological polar surface area (TPSA) is 60.2 Å². The summed E-state index contributed by atoms with van der Waals surface area (Å²) < 4.78 is 10.8. The molecule has 0 amide bonds. The highest BCUT2D eigenvalue weighted by Crippen LogP contribution is 2.24. The van der Waals surface area contributed by atoms with Crippen LogP contribution >= 0.6 is 0 Å². The fourth-order valence-electron chi connectivity index (χ4n) is 1.99. The molecular formula is C11H19N3O2. The van der Waals surface area contributed by atoms with Crippen LogP contribution in [0.5, 0.6) is 0 Å². The van der Waals surface area contributed by atoms with Crippen LogP contribution in [-0.4, -0.2) is 29.8 Å². The monoisotopic (exact) mass is 225 g/mol. The summed E-state index contributed by atoms with van der Waals surface area (Å²) in [6.45, 7) is 6.68. The van der Waals surface area contributed by atoms with E-state index in [9.17, 15) is 0 Å². The average Bonchev–Trinajstić information content (AvgIpc) is 2.95. The summed E-state index contributed by atoms with van der Waals surface area (Å²) >= 11 is 0. The van der Waals surface area contributed by atoms with Crippen molar-refractivity contribution in [1.82, 2.24) is 15.5 Å². The summed E-state index contributed by atoms with van der Waals surface area (Å²) in [5.41, 5.74) is 0. The van der Waals surface area contributed by atoms with Crippen LogP contribution < -0.4 is 5.32 Å². The number of nitrogens with zero attached hydrogens (tertiary/aromatic N) is 2. The minimum Gasteiger partial charge on any atom is -0.370 e. The van der Waals surface area contributed by atoms with Gasteiger partial charge in [-0.3, -0.25) is 0 Å². The molecule has 1 fully saturated rings. The SMILES string of the molecule is CCOC(CC)c1noc(C2CCNC2)n1. The van der Waals surface area contributed by atoms with E-state index in [-0.39, 0.29) is 6.10 Å². The first-order valence-corrected chi connectivity index (χ1v) is 6.01. The van der Waals surface area contributed by atoms with E-state index in [1.165, 1.54) is 0 Å². The van der Waals surface area contributed by atoms with Crippen molar-refractivity contribution in [3.05, 3.63) is 11.7 Å². The number of ether oxygens (including phenoxy) is 1. The molecule has 0 spiro atoms. The predicted octanol–water partition coefficient (Wildman–Crippen LogP) is 1.63. The Morgan fingerprint density at radius 1 is 1.56 bits per heavy atom. The first kappa shape index (κ1) is 11.5. The van der Waals surface area contributed by atoms with E-state index in [0.717, 1.165) is 31.8 Å². The van der Waals surface area contributed by atoms with E-state index >= 15 is 0 Å². The van der Waals surface area contributed by atoms with Gasteiger partial charge in [0.05, 0.1) is 5.92 Å². The van der Waals surface area contributed by atoms with Crippen molar-refractivity contribution in [3.8, 4) is 0 Å². The van der Waals surface area contributed by atoms with Crippen LogP contribution in [0.2, 0.25) is 0 Å². The van der Waals surface area contributed by atoms with Crippen LogP contribution in [0.4, 0.5) is 0 Å². The summed E-state index contributed by atoms with van der Waals surface area (Å²) in [5.74, 6) is 1.81. The first-order valence-electron chi connectivity index (χ1n) is 6.01. The van der Waals surface area contributed by atoms with Crippen molar-refractivity contribution < 1.29 is 9.26 Å². The van der Waals surface area contributed by atoms with Crippen LogP contribution in [0.25, 0.3) is 0 Å². The maximum absolute atomic E-state index is 5.55. The van der Waals surface area contributed by atoms with Crippen LogP contribution in [0.3, 0.4) is 0 Å². The lowest BCUT2D eigenvalue weighted by molar-refractivity contribution is 0.0518. The van der Waals surface area contributed by atoms with Gasteiger partial charge in [0.25, 0.3) is 0 Å². The van der Waals surface area contributed by atoms with Gasteiger partial charge in [0.15, 0.2) is 0 Å². The van der Waals surface area contributed by atoms with Gasteiger partial charge in [-0.15, -0.1) is 0 Å². The third-order valence-corrected chi connectivity index (χ3v) is 2.89. The molecule has 90 valence electrons. The molecule has 1 aromatic rings. The van der Waals surface area contributed by atoms with Crippen molar-refractivity contribution in [3.63, 3.8) is 0 Å². The number of aromatic nitrogens is 2. The zero-order valence-electron chi connectivity index (χ0n) is 9.90. The van der Waals surface area contributed by atoms with Crippen LogP contribution in [0.15, 0.2) is 4.52 Å². The van der Waals surface area contributed by atoms with Crippen molar-refractivity contribution in [2.24, 2.45) is 0 Å². The van der Waals surface area contributed by atoms with E-state index in [0.29, 0.717) is 18.3 Å². The summed E-state index contributed by atoms with van der Waals surface area (Å²) in [5, 5.41) is 7.30. The van der Waals surface area contributed by atoms with Gasteiger partial charge in [-0.05, 0) is 26.3 Å². The Kier molecular flexibility index (Phi) is 3.90. The molecule has 0 aliphatic carbocycles. The molecule has 0 aromatic carbocycles. The highest BCUT2D eigenvalue weighted by molar-refractivity contribution is 4.99. The van der Waals surface area contributed by atoms with E-state index < -0.39 is 0 Å². The van der Waals surface area contributed by atoms with Crippen molar-refractivity contribution >= 4 is 0 Å².